The summed E-state index contributed by atoms with van der Waals surface area (Å²) in [5, 5.41) is 3.48. The number of halogens is 1. The molecule has 6 nitrogen and oxygen atoms in total. The molecule has 0 saturated carbocycles. The van der Waals surface area contributed by atoms with Crippen molar-refractivity contribution in [1.82, 2.24) is 5.32 Å². The standard InChI is InChI=1S/C22H29ClN2O4S/c1-14-11-16(7-10-20(14)25-30(6,27)28)15(2)24-21(26)13-29-17-8-9-18(19(23)12-17)22(3,4)5/h7-12,15,25H,13H2,1-6H3,(H,24,26). The summed E-state index contributed by atoms with van der Waals surface area (Å²) in [6.07, 6.45) is 1.10. The van der Waals surface area contributed by atoms with Gasteiger partial charge in [0.15, 0.2) is 6.61 Å². The van der Waals surface area contributed by atoms with Gasteiger partial charge in [-0.2, -0.15) is 0 Å². The summed E-state index contributed by atoms with van der Waals surface area (Å²) in [6.45, 7) is 9.76. The van der Waals surface area contributed by atoms with E-state index in [1.165, 1.54) is 0 Å². The molecule has 0 radical (unpaired) electrons. The van der Waals surface area contributed by atoms with Crippen LogP contribution in [-0.4, -0.2) is 27.2 Å². The van der Waals surface area contributed by atoms with E-state index in [1.807, 2.05) is 19.1 Å². The number of ether oxygens (including phenoxy) is 1. The van der Waals surface area contributed by atoms with Gasteiger partial charge in [-0.15, -0.1) is 0 Å². The predicted molar refractivity (Wildman–Crippen MR) is 122 cm³/mol. The third-order valence-electron chi connectivity index (χ3n) is 4.54. The molecule has 8 heteroatoms. The van der Waals surface area contributed by atoms with Crippen LogP contribution in [0.1, 0.15) is 50.4 Å². The Labute approximate surface area is 184 Å². The zero-order valence-corrected chi connectivity index (χ0v) is 19.7. The second-order valence-electron chi connectivity index (χ2n) is 8.42. The lowest BCUT2D eigenvalue weighted by Crippen LogP contribution is -2.31. The van der Waals surface area contributed by atoms with Crippen LogP contribution >= 0.6 is 11.6 Å². The van der Waals surface area contributed by atoms with E-state index in [9.17, 15) is 13.2 Å². The lowest BCUT2D eigenvalue weighted by Gasteiger charge is -2.21. The molecule has 1 atom stereocenters. The molecule has 30 heavy (non-hydrogen) atoms. The summed E-state index contributed by atoms with van der Waals surface area (Å²) in [5.41, 5.74) is 3.08. The Morgan fingerprint density at radius 2 is 1.83 bits per heavy atom. The number of anilines is 1. The molecule has 0 spiro atoms. The van der Waals surface area contributed by atoms with Crippen LogP contribution < -0.4 is 14.8 Å². The molecule has 0 aliphatic heterocycles. The molecule has 164 valence electrons. The first kappa shape index (κ1) is 24.0. The van der Waals surface area contributed by atoms with E-state index >= 15 is 0 Å². The minimum atomic E-state index is -3.35. The topological polar surface area (TPSA) is 84.5 Å². The first-order chi connectivity index (χ1) is 13.8. The van der Waals surface area contributed by atoms with Crippen LogP contribution in [-0.2, 0) is 20.2 Å². The van der Waals surface area contributed by atoms with Crippen molar-refractivity contribution in [1.29, 1.82) is 0 Å². The fourth-order valence-corrected chi connectivity index (χ4v) is 4.06. The summed E-state index contributed by atoms with van der Waals surface area (Å²) >= 11 is 6.34. The van der Waals surface area contributed by atoms with E-state index in [0.717, 1.165) is 22.9 Å². The van der Waals surface area contributed by atoms with E-state index in [0.29, 0.717) is 16.5 Å². The van der Waals surface area contributed by atoms with Gasteiger partial charge in [-0.25, -0.2) is 8.42 Å². The normalized spacial score (nSPS) is 12.9. The van der Waals surface area contributed by atoms with Crippen LogP contribution in [0, 0.1) is 6.92 Å². The average Bonchev–Trinajstić information content (AvgIpc) is 2.59. The van der Waals surface area contributed by atoms with Gasteiger partial charge in [-0.3, -0.25) is 9.52 Å². The molecule has 0 aromatic heterocycles. The highest BCUT2D eigenvalue weighted by atomic mass is 35.5. The molecule has 2 aromatic carbocycles. The Balaban J connectivity index is 1.96. The van der Waals surface area contributed by atoms with Gasteiger partial charge < -0.3 is 10.1 Å². The lowest BCUT2D eigenvalue weighted by molar-refractivity contribution is -0.123. The van der Waals surface area contributed by atoms with Crippen LogP contribution in [0.3, 0.4) is 0 Å². The van der Waals surface area contributed by atoms with Crippen molar-refractivity contribution in [3.8, 4) is 5.75 Å². The van der Waals surface area contributed by atoms with E-state index < -0.39 is 10.0 Å². The summed E-state index contributed by atoms with van der Waals surface area (Å²) in [7, 11) is -3.35. The molecule has 0 fully saturated rings. The maximum Gasteiger partial charge on any atom is 0.258 e. The minimum absolute atomic E-state index is 0.0765. The quantitative estimate of drug-likeness (QED) is 0.644. The number of benzene rings is 2. The molecule has 1 unspecified atom stereocenters. The molecule has 2 aromatic rings. The summed E-state index contributed by atoms with van der Waals surface area (Å²) in [4.78, 5) is 12.3. The van der Waals surface area contributed by atoms with Crippen molar-refractivity contribution in [2.45, 2.75) is 46.1 Å². The highest BCUT2D eigenvalue weighted by molar-refractivity contribution is 7.92. The van der Waals surface area contributed by atoms with E-state index in [-0.39, 0.29) is 24.0 Å². The maximum absolute atomic E-state index is 12.3. The minimum Gasteiger partial charge on any atom is -0.484 e. The molecule has 2 rings (SSSR count). The second kappa shape index (κ2) is 9.27. The Bertz CT molecular complexity index is 1030. The highest BCUT2D eigenvalue weighted by Gasteiger charge is 2.18. The fourth-order valence-electron chi connectivity index (χ4n) is 2.98. The molecule has 2 N–H and O–H groups in total. The largest absolute Gasteiger partial charge is 0.484 e. The zero-order valence-electron chi connectivity index (χ0n) is 18.2. The van der Waals surface area contributed by atoms with Gasteiger partial charge in [0.2, 0.25) is 10.0 Å². The molecule has 0 aliphatic carbocycles. The molecule has 0 aliphatic rings. The van der Waals surface area contributed by atoms with Crippen LogP contribution in [0.2, 0.25) is 5.02 Å². The van der Waals surface area contributed by atoms with Crippen molar-refractivity contribution in [2.75, 3.05) is 17.6 Å². The van der Waals surface area contributed by atoms with Gasteiger partial charge in [0, 0.05) is 5.02 Å². The number of rotatable bonds is 7. The van der Waals surface area contributed by atoms with Gasteiger partial charge in [-0.05, 0) is 54.2 Å². The highest BCUT2D eigenvalue weighted by Crippen LogP contribution is 2.32. The van der Waals surface area contributed by atoms with Gasteiger partial charge in [-0.1, -0.05) is 50.6 Å². The number of aryl methyl sites for hydroxylation is 1. The number of sulfonamides is 1. The van der Waals surface area contributed by atoms with E-state index in [1.54, 1.807) is 31.2 Å². The third-order valence-corrected chi connectivity index (χ3v) is 5.45. The Morgan fingerprint density at radius 3 is 2.37 bits per heavy atom. The summed E-state index contributed by atoms with van der Waals surface area (Å²) in [6, 6.07) is 10.5. The second-order valence-corrected chi connectivity index (χ2v) is 10.6. The van der Waals surface area contributed by atoms with Gasteiger partial charge in [0.1, 0.15) is 5.75 Å². The Hall–Kier alpha value is -2.25. The molecular weight excluding hydrogens is 424 g/mol. The molecular formula is C22H29ClN2O4S. The van der Waals surface area contributed by atoms with E-state index in [4.69, 9.17) is 16.3 Å². The molecule has 0 heterocycles. The van der Waals surface area contributed by atoms with Crippen LogP contribution in [0.4, 0.5) is 5.69 Å². The van der Waals surface area contributed by atoms with Crippen LogP contribution in [0.5, 0.6) is 5.75 Å². The predicted octanol–water partition coefficient (Wildman–Crippen LogP) is 4.57. The van der Waals surface area contributed by atoms with Gasteiger partial charge in [0.25, 0.3) is 5.91 Å². The van der Waals surface area contributed by atoms with Crippen molar-refractivity contribution in [3.63, 3.8) is 0 Å². The van der Waals surface area contributed by atoms with E-state index in [2.05, 4.69) is 30.8 Å². The number of carbonyl (C=O) groups excluding carboxylic acids is 1. The van der Waals surface area contributed by atoms with Gasteiger partial charge in [0.05, 0.1) is 18.0 Å². The number of hydrogen-bond donors (Lipinski definition) is 2. The number of hydrogen-bond acceptors (Lipinski definition) is 4. The molecule has 0 saturated heterocycles. The maximum atomic E-state index is 12.3. The molecule has 1 amide bonds. The zero-order chi connectivity index (χ0) is 22.7. The van der Waals surface area contributed by atoms with Crippen molar-refractivity contribution in [2.24, 2.45) is 0 Å². The summed E-state index contributed by atoms with van der Waals surface area (Å²) < 4.78 is 30.9. The van der Waals surface area contributed by atoms with Crippen LogP contribution in [0.15, 0.2) is 36.4 Å². The average molecular weight is 453 g/mol. The van der Waals surface area contributed by atoms with Crippen molar-refractivity contribution < 1.29 is 17.9 Å². The lowest BCUT2D eigenvalue weighted by atomic mass is 9.87. The van der Waals surface area contributed by atoms with Crippen molar-refractivity contribution >= 4 is 33.2 Å². The van der Waals surface area contributed by atoms with Crippen molar-refractivity contribution in [3.05, 3.63) is 58.1 Å². The number of carbonyl (C=O) groups is 1. The Morgan fingerprint density at radius 1 is 1.17 bits per heavy atom. The number of amides is 1. The van der Waals surface area contributed by atoms with Crippen LogP contribution in [0.25, 0.3) is 0 Å². The fraction of sp³-hybridized carbons (Fsp3) is 0.409. The molecule has 0 bridgehead atoms. The smallest absolute Gasteiger partial charge is 0.258 e. The first-order valence-electron chi connectivity index (χ1n) is 9.57. The third kappa shape index (κ3) is 6.92. The Kier molecular flexibility index (Phi) is 7.42. The number of nitrogens with one attached hydrogen (secondary N) is 2. The SMILES string of the molecule is Cc1cc(C(C)NC(=O)COc2ccc(C(C)(C)C)c(Cl)c2)ccc1NS(C)(=O)=O. The van der Waals surface area contributed by atoms with Gasteiger partial charge >= 0.3 is 0 Å². The first-order valence-corrected chi connectivity index (χ1v) is 11.8. The summed E-state index contributed by atoms with van der Waals surface area (Å²) in [5.74, 6) is 0.261. The monoisotopic (exact) mass is 452 g/mol.